The van der Waals surface area contributed by atoms with Crippen LogP contribution in [-0.2, 0) is 9.59 Å². The monoisotopic (exact) mass is 138 g/mol. The molecule has 3 N–H and O–H groups in total. The highest BCUT2D eigenvalue weighted by Crippen LogP contribution is 2.02. The average molecular weight is 138 g/mol. The lowest BCUT2D eigenvalue weighted by molar-refractivity contribution is -0.121. The smallest absolute Gasteiger partial charge is 0.190 e. The van der Waals surface area contributed by atoms with Crippen molar-refractivity contribution >= 4 is 17.3 Å². The van der Waals surface area contributed by atoms with Gasteiger partial charge in [0.2, 0.25) is 0 Å². The van der Waals surface area contributed by atoms with Crippen molar-refractivity contribution in [2.45, 2.75) is 6.42 Å². The quantitative estimate of drug-likeness (QED) is 0.438. The minimum absolute atomic E-state index is 0.0266. The highest BCUT2D eigenvalue weighted by Gasteiger charge is 2.20. The van der Waals surface area contributed by atoms with Crippen molar-refractivity contribution in [1.29, 1.82) is 5.41 Å². The molecule has 0 radical (unpaired) electrons. The molecular weight excluding hydrogens is 132 g/mol. The Morgan fingerprint density at radius 2 is 2.10 bits per heavy atom. The summed E-state index contributed by atoms with van der Waals surface area (Å²) < 4.78 is 0. The SMILES string of the molecule is N=C1C(=O)CC(=O)C=C1N. The summed E-state index contributed by atoms with van der Waals surface area (Å²) in [6.07, 6.45) is 0.906. The predicted molar refractivity (Wildman–Crippen MR) is 34.6 cm³/mol. The van der Waals surface area contributed by atoms with E-state index < -0.39 is 5.78 Å². The second-order valence-electron chi connectivity index (χ2n) is 2.04. The first-order valence-corrected chi connectivity index (χ1v) is 2.73. The van der Waals surface area contributed by atoms with Gasteiger partial charge in [-0.2, -0.15) is 0 Å². The zero-order valence-corrected chi connectivity index (χ0v) is 5.18. The van der Waals surface area contributed by atoms with Crippen molar-refractivity contribution < 1.29 is 9.59 Å². The molecule has 0 fully saturated rings. The summed E-state index contributed by atoms with van der Waals surface area (Å²) in [7, 11) is 0. The summed E-state index contributed by atoms with van der Waals surface area (Å²) in [4.78, 5) is 21.2. The Kier molecular flexibility index (Phi) is 1.37. The lowest BCUT2D eigenvalue weighted by Crippen LogP contribution is -2.27. The Bertz CT molecular complexity index is 252. The van der Waals surface area contributed by atoms with Crippen molar-refractivity contribution in [1.82, 2.24) is 0 Å². The molecule has 0 aromatic rings. The van der Waals surface area contributed by atoms with E-state index in [1.165, 1.54) is 0 Å². The molecule has 4 nitrogen and oxygen atoms in total. The van der Waals surface area contributed by atoms with Crippen molar-refractivity contribution in [3.05, 3.63) is 11.8 Å². The number of Topliss-reactive ketones (excluding diaryl/α,β-unsaturated/α-hetero) is 1. The predicted octanol–water partition coefficient (Wildman–Crippen LogP) is -0.609. The molecule has 0 amide bonds. The van der Waals surface area contributed by atoms with E-state index in [0.29, 0.717) is 0 Å². The number of allylic oxidation sites excluding steroid dienone is 2. The zero-order chi connectivity index (χ0) is 7.72. The topological polar surface area (TPSA) is 84.0 Å². The van der Waals surface area contributed by atoms with Gasteiger partial charge in [-0.1, -0.05) is 0 Å². The summed E-state index contributed by atoms with van der Waals surface area (Å²) in [5.74, 6) is -0.816. The standard InChI is InChI=1S/C6H6N2O2/c7-4-1-3(9)2-5(10)6(4)8/h1,8H,2,7H2. The van der Waals surface area contributed by atoms with Crippen LogP contribution in [0.15, 0.2) is 11.8 Å². The van der Waals surface area contributed by atoms with Gasteiger partial charge in [0, 0.05) is 6.08 Å². The van der Waals surface area contributed by atoms with Gasteiger partial charge in [0.1, 0.15) is 5.71 Å². The summed E-state index contributed by atoms with van der Waals surface area (Å²) in [6.45, 7) is 0. The Hall–Kier alpha value is -1.45. The van der Waals surface area contributed by atoms with Gasteiger partial charge in [-0.15, -0.1) is 0 Å². The molecule has 0 spiro atoms. The zero-order valence-electron chi connectivity index (χ0n) is 5.18. The van der Waals surface area contributed by atoms with Crippen LogP contribution in [0.2, 0.25) is 0 Å². The number of carbonyl (C=O) groups is 2. The third kappa shape index (κ3) is 0.953. The summed E-state index contributed by atoms with van der Waals surface area (Å²) in [6, 6.07) is 0. The maximum absolute atomic E-state index is 10.6. The van der Waals surface area contributed by atoms with Crippen molar-refractivity contribution in [2.75, 3.05) is 0 Å². The normalized spacial score (nSPS) is 19.2. The number of nitrogens with two attached hydrogens (primary N) is 1. The summed E-state index contributed by atoms with van der Waals surface area (Å²) in [5, 5.41) is 7.00. The second kappa shape index (κ2) is 2.06. The number of hydrogen-bond acceptors (Lipinski definition) is 4. The highest BCUT2D eigenvalue weighted by atomic mass is 16.1. The van der Waals surface area contributed by atoms with Crippen molar-refractivity contribution in [2.24, 2.45) is 5.73 Å². The van der Waals surface area contributed by atoms with E-state index in [2.05, 4.69) is 0 Å². The molecule has 4 heteroatoms. The molecule has 0 aliphatic heterocycles. The first-order chi connectivity index (χ1) is 4.61. The molecule has 1 aliphatic rings. The highest BCUT2D eigenvalue weighted by molar-refractivity contribution is 6.50. The van der Waals surface area contributed by atoms with E-state index in [0.717, 1.165) is 6.08 Å². The average Bonchev–Trinajstić information content (AvgIpc) is 1.82. The Labute approximate surface area is 57.2 Å². The molecule has 1 rings (SSSR count). The second-order valence-corrected chi connectivity index (χ2v) is 2.04. The van der Waals surface area contributed by atoms with Gasteiger partial charge >= 0.3 is 0 Å². The maximum Gasteiger partial charge on any atom is 0.190 e. The van der Waals surface area contributed by atoms with Crippen LogP contribution in [0.1, 0.15) is 6.42 Å². The number of carbonyl (C=O) groups excluding carboxylic acids is 2. The van der Waals surface area contributed by atoms with E-state index in [1.54, 1.807) is 0 Å². The fourth-order valence-corrected chi connectivity index (χ4v) is 0.704. The Morgan fingerprint density at radius 1 is 1.50 bits per heavy atom. The molecule has 0 aromatic heterocycles. The van der Waals surface area contributed by atoms with E-state index in [1.807, 2.05) is 0 Å². The first-order valence-electron chi connectivity index (χ1n) is 2.73. The molecule has 0 heterocycles. The summed E-state index contributed by atoms with van der Waals surface area (Å²) >= 11 is 0. The lowest BCUT2D eigenvalue weighted by Gasteiger charge is -2.06. The molecule has 1 aliphatic carbocycles. The van der Waals surface area contributed by atoms with Crippen LogP contribution >= 0.6 is 0 Å². The van der Waals surface area contributed by atoms with Crippen molar-refractivity contribution in [3.63, 3.8) is 0 Å². The third-order valence-corrected chi connectivity index (χ3v) is 1.22. The molecule has 0 saturated carbocycles. The molecule has 0 saturated heterocycles. The molecule has 0 atom stereocenters. The fraction of sp³-hybridized carbons (Fsp3) is 0.167. The fourth-order valence-electron chi connectivity index (χ4n) is 0.704. The van der Waals surface area contributed by atoms with E-state index in [4.69, 9.17) is 11.1 Å². The Morgan fingerprint density at radius 3 is 2.60 bits per heavy atom. The van der Waals surface area contributed by atoms with Crippen LogP contribution in [0.3, 0.4) is 0 Å². The van der Waals surface area contributed by atoms with Crippen LogP contribution in [0, 0.1) is 5.41 Å². The molecule has 0 bridgehead atoms. The molecule has 52 valence electrons. The number of ketones is 2. The van der Waals surface area contributed by atoms with Crippen LogP contribution in [0.4, 0.5) is 0 Å². The van der Waals surface area contributed by atoms with Crippen LogP contribution < -0.4 is 5.73 Å². The van der Waals surface area contributed by atoms with Crippen molar-refractivity contribution in [3.8, 4) is 0 Å². The van der Waals surface area contributed by atoms with Crippen LogP contribution in [0.25, 0.3) is 0 Å². The lowest BCUT2D eigenvalue weighted by atomic mass is 10.0. The molecule has 10 heavy (non-hydrogen) atoms. The third-order valence-electron chi connectivity index (χ3n) is 1.22. The number of hydrogen-bond donors (Lipinski definition) is 2. The minimum atomic E-state index is -0.495. The van der Waals surface area contributed by atoms with Gasteiger partial charge in [-0.3, -0.25) is 15.0 Å². The first kappa shape index (κ1) is 6.67. The van der Waals surface area contributed by atoms with E-state index in [-0.39, 0.29) is 23.6 Å². The maximum atomic E-state index is 10.6. The van der Waals surface area contributed by atoms with E-state index in [9.17, 15) is 9.59 Å². The van der Waals surface area contributed by atoms with Gasteiger partial charge in [-0.05, 0) is 0 Å². The van der Waals surface area contributed by atoms with Crippen LogP contribution in [-0.4, -0.2) is 17.3 Å². The molecule has 0 unspecified atom stereocenters. The molecular formula is C6H6N2O2. The van der Waals surface area contributed by atoms with Gasteiger partial charge in [0.25, 0.3) is 0 Å². The largest absolute Gasteiger partial charge is 0.397 e. The van der Waals surface area contributed by atoms with Gasteiger partial charge in [-0.25, -0.2) is 0 Å². The molecule has 0 aromatic carbocycles. The van der Waals surface area contributed by atoms with Gasteiger partial charge < -0.3 is 5.73 Å². The number of rotatable bonds is 0. The van der Waals surface area contributed by atoms with Crippen LogP contribution in [0.5, 0.6) is 0 Å². The summed E-state index contributed by atoms with van der Waals surface area (Å²) in [5.41, 5.74) is 4.88. The number of nitrogens with one attached hydrogen (secondary N) is 1. The van der Waals surface area contributed by atoms with Gasteiger partial charge in [0.15, 0.2) is 11.6 Å². The van der Waals surface area contributed by atoms with Gasteiger partial charge in [0.05, 0.1) is 12.1 Å². The Balaban J connectivity index is 3.03. The minimum Gasteiger partial charge on any atom is -0.397 e. The van der Waals surface area contributed by atoms with E-state index >= 15 is 0 Å².